The van der Waals surface area contributed by atoms with Crippen molar-refractivity contribution in [2.24, 2.45) is 5.92 Å². The summed E-state index contributed by atoms with van der Waals surface area (Å²) in [5.41, 5.74) is 0. The molecular weight excluding hydrogens is 214 g/mol. The molecule has 0 spiro atoms. The summed E-state index contributed by atoms with van der Waals surface area (Å²) in [6.07, 6.45) is 6.67. The first-order valence-corrected chi connectivity index (χ1v) is 7.19. The van der Waals surface area contributed by atoms with Crippen LogP contribution in [-0.2, 0) is 4.74 Å². The molecule has 0 amide bonds. The van der Waals surface area contributed by atoms with E-state index in [-0.39, 0.29) is 6.10 Å². The lowest BCUT2D eigenvalue weighted by Crippen LogP contribution is -2.39. The van der Waals surface area contributed by atoms with E-state index in [0.29, 0.717) is 12.0 Å². The molecule has 102 valence electrons. The zero-order chi connectivity index (χ0) is 12.5. The van der Waals surface area contributed by atoms with E-state index in [1.165, 1.54) is 19.3 Å². The van der Waals surface area contributed by atoms with Crippen molar-refractivity contribution in [1.82, 2.24) is 5.32 Å². The molecule has 3 heteroatoms. The van der Waals surface area contributed by atoms with Gasteiger partial charge >= 0.3 is 0 Å². The molecule has 0 radical (unpaired) electrons. The summed E-state index contributed by atoms with van der Waals surface area (Å²) in [5.74, 6) is 0.617. The van der Waals surface area contributed by atoms with Gasteiger partial charge in [0.15, 0.2) is 0 Å². The Balaban J connectivity index is 2.00. The second-order valence-corrected chi connectivity index (χ2v) is 5.59. The first kappa shape index (κ1) is 14.9. The Morgan fingerprint density at radius 1 is 1.24 bits per heavy atom. The fourth-order valence-electron chi connectivity index (χ4n) is 2.31. The van der Waals surface area contributed by atoms with Crippen molar-refractivity contribution < 1.29 is 9.84 Å². The number of ether oxygens (including phenoxy) is 1. The largest absolute Gasteiger partial charge is 0.392 e. The van der Waals surface area contributed by atoms with Gasteiger partial charge in [-0.1, -0.05) is 33.1 Å². The molecule has 0 aromatic heterocycles. The molecule has 0 bridgehead atoms. The number of nitrogens with one attached hydrogen (secondary N) is 1. The molecule has 17 heavy (non-hydrogen) atoms. The second kappa shape index (κ2) is 8.90. The molecule has 1 rings (SSSR count). The van der Waals surface area contributed by atoms with Crippen molar-refractivity contribution in [1.29, 1.82) is 0 Å². The molecular formula is C14H29NO2. The third kappa shape index (κ3) is 7.02. The Morgan fingerprint density at radius 2 is 2.00 bits per heavy atom. The lowest BCUT2D eigenvalue weighted by atomic mass is 10.1. The van der Waals surface area contributed by atoms with Crippen molar-refractivity contribution in [3.05, 3.63) is 0 Å². The second-order valence-electron chi connectivity index (χ2n) is 5.59. The van der Waals surface area contributed by atoms with Gasteiger partial charge in [0.25, 0.3) is 0 Å². The lowest BCUT2D eigenvalue weighted by molar-refractivity contribution is 0.0992. The van der Waals surface area contributed by atoms with Crippen LogP contribution in [0.3, 0.4) is 0 Å². The van der Waals surface area contributed by atoms with Crippen LogP contribution in [0.2, 0.25) is 0 Å². The summed E-state index contributed by atoms with van der Waals surface area (Å²) < 4.78 is 5.53. The molecule has 1 aliphatic rings. The van der Waals surface area contributed by atoms with Crippen LogP contribution in [0.15, 0.2) is 0 Å². The van der Waals surface area contributed by atoms with Crippen molar-refractivity contribution in [2.45, 2.75) is 64.5 Å². The highest BCUT2D eigenvalue weighted by atomic mass is 16.5. The fourth-order valence-corrected chi connectivity index (χ4v) is 2.31. The number of hydrogen-bond acceptors (Lipinski definition) is 3. The quantitative estimate of drug-likeness (QED) is 0.533. The van der Waals surface area contributed by atoms with Gasteiger partial charge < -0.3 is 15.2 Å². The number of aliphatic hydroxyl groups is 1. The Kier molecular flexibility index (Phi) is 7.82. The summed E-state index contributed by atoms with van der Waals surface area (Å²) in [4.78, 5) is 0. The van der Waals surface area contributed by atoms with E-state index in [1.54, 1.807) is 0 Å². The molecule has 1 fully saturated rings. The van der Waals surface area contributed by atoms with Crippen LogP contribution >= 0.6 is 0 Å². The van der Waals surface area contributed by atoms with Gasteiger partial charge in [-0.2, -0.15) is 0 Å². The van der Waals surface area contributed by atoms with E-state index in [2.05, 4.69) is 19.2 Å². The molecule has 2 N–H and O–H groups in total. The molecule has 0 aromatic rings. The Hall–Kier alpha value is -0.120. The van der Waals surface area contributed by atoms with Gasteiger partial charge in [0.2, 0.25) is 0 Å². The minimum atomic E-state index is -0.144. The minimum Gasteiger partial charge on any atom is -0.392 e. The highest BCUT2D eigenvalue weighted by Crippen LogP contribution is 2.17. The van der Waals surface area contributed by atoms with Gasteiger partial charge in [-0.25, -0.2) is 0 Å². The van der Waals surface area contributed by atoms with E-state index in [9.17, 15) is 5.11 Å². The smallest absolute Gasteiger partial charge is 0.0693 e. The Labute approximate surface area is 106 Å². The van der Waals surface area contributed by atoms with Crippen LogP contribution < -0.4 is 5.32 Å². The number of aliphatic hydroxyl groups excluding tert-OH is 1. The van der Waals surface area contributed by atoms with Gasteiger partial charge in [-0.05, 0) is 31.7 Å². The molecule has 0 aliphatic heterocycles. The zero-order valence-electron chi connectivity index (χ0n) is 11.5. The van der Waals surface area contributed by atoms with Gasteiger partial charge in [0, 0.05) is 19.3 Å². The predicted octanol–water partition coefficient (Wildman–Crippen LogP) is 2.33. The molecule has 1 aliphatic carbocycles. The summed E-state index contributed by atoms with van der Waals surface area (Å²) in [6, 6.07) is 0.308. The topological polar surface area (TPSA) is 41.5 Å². The van der Waals surface area contributed by atoms with Crippen LogP contribution in [0.1, 0.15) is 52.4 Å². The fraction of sp³-hybridized carbons (Fsp3) is 1.00. The summed E-state index contributed by atoms with van der Waals surface area (Å²) in [6.45, 7) is 6.97. The molecule has 0 saturated heterocycles. The van der Waals surface area contributed by atoms with Crippen LogP contribution in [0.5, 0.6) is 0 Å². The van der Waals surface area contributed by atoms with Crippen molar-refractivity contribution in [3.8, 4) is 0 Å². The first-order valence-electron chi connectivity index (χ1n) is 7.19. The third-order valence-electron chi connectivity index (χ3n) is 3.30. The van der Waals surface area contributed by atoms with Gasteiger partial charge in [0.1, 0.15) is 0 Å². The highest BCUT2D eigenvalue weighted by Gasteiger charge is 2.20. The van der Waals surface area contributed by atoms with Crippen molar-refractivity contribution in [2.75, 3.05) is 19.8 Å². The standard InChI is InChI=1S/C14H29NO2/c1-12(2)11-17-10-6-9-15-13-7-4-3-5-8-14(13)16/h12-16H,3-11H2,1-2H3. The third-order valence-corrected chi connectivity index (χ3v) is 3.30. The molecule has 0 heterocycles. The lowest BCUT2D eigenvalue weighted by Gasteiger charge is -2.21. The summed E-state index contributed by atoms with van der Waals surface area (Å²) >= 11 is 0. The van der Waals surface area contributed by atoms with Gasteiger partial charge in [-0.3, -0.25) is 0 Å². The Morgan fingerprint density at radius 3 is 2.76 bits per heavy atom. The average molecular weight is 243 g/mol. The Bertz CT molecular complexity index is 185. The minimum absolute atomic E-state index is 0.144. The maximum absolute atomic E-state index is 9.93. The summed E-state index contributed by atoms with van der Waals surface area (Å²) in [7, 11) is 0. The summed E-state index contributed by atoms with van der Waals surface area (Å²) in [5, 5.41) is 13.4. The van der Waals surface area contributed by atoms with Crippen LogP contribution in [-0.4, -0.2) is 37.0 Å². The van der Waals surface area contributed by atoms with Gasteiger partial charge in [-0.15, -0.1) is 0 Å². The van der Waals surface area contributed by atoms with E-state index < -0.39 is 0 Å². The van der Waals surface area contributed by atoms with Crippen molar-refractivity contribution in [3.63, 3.8) is 0 Å². The van der Waals surface area contributed by atoms with Crippen LogP contribution in [0.25, 0.3) is 0 Å². The van der Waals surface area contributed by atoms with E-state index in [0.717, 1.165) is 39.0 Å². The predicted molar refractivity (Wildman–Crippen MR) is 71.2 cm³/mol. The maximum atomic E-state index is 9.93. The molecule has 2 unspecified atom stereocenters. The van der Waals surface area contributed by atoms with E-state index in [4.69, 9.17) is 4.74 Å². The zero-order valence-corrected chi connectivity index (χ0v) is 11.5. The average Bonchev–Trinajstić information content (AvgIpc) is 2.48. The SMILES string of the molecule is CC(C)COCCCNC1CCCCCC1O. The number of hydrogen-bond donors (Lipinski definition) is 2. The molecule has 0 aromatic carbocycles. The monoisotopic (exact) mass is 243 g/mol. The van der Waals surface area contributed by atoms with E-state index in [1.807, 2.05) is 0 Å². The maximum Gasteiger partial charge on any atom is 0.0693 e. The molecule has 1 saturated carbocycles. The van der Waals surface area contributed by atoms with Crippen LogP contribution in [0, 0.1) is 5.92 Å². The number of rotatable bonds is 7. The van der Waals surface area contributed by atoms with E-state index >= 15 is 0 Å². The normalized spacial score (nSPS) is 26.1. The van der Waals surface area contributed by atoms with Crippen LogP contribution in [0.4, 0.5) is 0 Å². The molecule has 2 atom stereocenters. The first-order chi connectivity index (χ1) is 8.20. The van der Waals surface area contributed by atoms with Gasteiger partial charge in [0.05, 0.1) is 6.10 Å². The molecule has 3 nitrogen and oxygen atoms in total. The highest BCUT2D eigenvalue weighted by molar-refractivity contribution is 4.78. The van der Waals surface area contributed by atoms with Crippen molar-refractivity contribution >= 4 is 0 Å².